The van der Waals surface area contributed by atoms with Gasteiger partial charge in [0.1, 0.15) is 11.5 Å². The van der Waals surface area contributed by atoms with E-state index in [4.69, 9.17) is 9.47 Å². The molecule has 1 atom stereocenters. The summed E-state index contributed by atoms with van der Waals surface area (Å²) in [4.78, 5) is 29.9. The van der Waals surface area contributed by atoms with E-state index in [0.29, 0.717) is 49.5 Å². The summed E-state index contributed by atoms with van der Waals surface area (Å²) in [5.41, 5.74) is 2.41. The lowest BCUT2D eigenvalue weighted by Crippen LogP contribution is -2.55. The Labute approximate surface area is 250 Å². The van der Waals surface area contributed by atoms with Crippen molar-refractivity contribution in [3.63, 3.8) is 0 Å². The zero-order chi connectivity index (χ0) is 29.5. The molecule has 3 aromatic carbocycles. The molecular formula is C32H35N5O4S. The predicted octanol–water partition coefficient (Wildman–Crippen LogP) is 5.20. The Balaban J connectivity index is 1.19. The molecule has 1 aromatic heterocycles. The maximum Gasteiger partial charge on any atom is 0.254 e. The number of piperazine rings is 1. The van der Waals surface area contributed by atoms with Crippen LogP contribution in [-0.2, 0) is 4.79 Å². The maximum atomic E-state index is 13.1. The summed E-state index contributed by atoms with van der Waals surface area (Å²) in [7, 11) is 3.24. The Morgan fingerprint density at radius 3 is 2.48 bits per heavy atom. The van der Waals surface area contributed by atoms with Crippen molar-refractivity contribution in [1.29, 1.82) is 0 Å². The molecule has 5 rings (SSSR count). The highest BCUT2D eigenvalue weighted by Gasteiger charge is 2.30. The third-order valence-electron chi connectivity index (χ3n) is 7.32. The quantitative estimate of drug-likeness (QED) is 0.187. The van der Waals surface area contributed by atoms with E-state index < -0.39 is 0 Å². The molecule has 0 spiro atoms. The summed E-state index contributed by atoms with van der Waals surface area (Å²) < 4.78 is 12.9. The van der Waals surface area contributed by atoms with E-state index in [1.54, 1.807) is 38.1 Å². The lowest BCUT2D eigenvalue weighted by atomic mass is 10.1. The van der Waals surface area contributed by atoms with E-state index in [2.05, 4.69) is 10.2 Å². The fourth-order valence-electron chi connectivity index (χ4n) is 5.12. The van der Waals surface area contributed by atoms with Crippen LogP contribution in [0.5, 0.6) is 11.5 Å². The molecule has 4 aromatic rings. The zero-order valence-electron chi connectivity index (χ0n) is 24.1. The van der Waals surface area contributed by atoms with Crippen molar-refractivity contribution < 1.29 is 19.1 Å². The molecule has 1 fully saturated rings. The normalized spacial score (nSPS) is 15.0. The third-order valence-corrected chi connectivity index (χ3v) is 8.33. The minimum Gasteiger partial charge on any atom is -0.497 e. The molecule has 218 valence electrons. The molecular weight excluding hydrogens is 550 g/mol. The summed E-state index contributed by atoms with van der Waals surface area (Å²) in [5, 5.41) is 9.75. The predicted molar refractivity (Wildman–Crippen MR) is 163 cm³/mol. The number of methoxy groups -OCH3 is 2. The third kappa shape index (κ3) is 6.44. The van der Waals surface area contributed by atoms with Gasteiger partial charge in [-0.1, -0.05) is 60.3 Å². The fraction of sp³-hybridized carbons (Fsp3) is 0.312. The van der Waals surface area contributed by atoms with Crippen LogP contribution in [0.1, 0.15) is 30.1 Å². The van der Waals surface area contributed by atoms with E-state index in [1.807, 2.05) is 88.0 Å². The molecule has 1 aliphatic heterocycles. The van der Waals surface area contributed by atoms with E-state index in [0.717, 1.165) is 28.0 Å². The van der Waals surface area contributed by atoms with Gasteiger partial charge in [-0.05, 0) is 43.7 Å². The summed E-state index contributed by atoms with van der Waals surface area (Å²) in [6.07, 6.45) is 1.12. The lowest BCUT2D eigenvalue weighted by molar-refractivity contribution is -0.133. The average Bonchev–Trinajstić information content (AvgIpc) is 3.46. The molecule has 2 amide bonds. The number of hydrogen-bond acceptors (Lipinski definition) is 7. The molecule has 0 N–H and O–H groups in total. The Kier molecular flexibility index (Phi) is 9.43. The summed E-state index contributed by atoms with van der Waals surface area (Å²) >= 11 is 1.57. The second-order valence-corrected chi connectivity index (χ2v) is 11.1. The minimum absolute atomic E-state index is 0.0427. The second-order valence-electron chi connectivity index (χ2n) is 10.1. The van der Waals surface area contributed by atoms with Crippen molar-refractivity contribution in [2.24, 2.45) is 0 Å². The Morgan fingerprint density at radius 1 is 0.929 bits per heavy atom. The van der Waals surface area contributed by atoms with Gasteiger partial charge in [-0.2, -0.15) is 0 Å². The number of amides is 2. The van der Waals surface area contributed by atoms with Gasteiger partial charge in [0, 0.05) is 49.0 Å². The highest BCUT2D eigenvalue weighted by molar-refractivity contribution is 7.99. The fourth-order valence-corrected chi connectivity index (χ4v) is 6.01. The minimum atomic E-state index is -0.0772. The van der Waals surface area contributed by atoms with E-state index in [1.165, 1.54) is 0 Å². The maximum absolute atomic E-state index is 13.1. The molecule has 42 heavy (non-hydrogen) atoms. The van der Waals surface area contributed by atoms with Crippen molar-refractivity contribution in [1.82, 2.24) is 24.6 Å². The first-order chi connectivity index (χ1) is 20.5. The van der Waals surface area contributed by atoms with Gasteiger partial charge >= 0.3 is 0 Å². The standard InChI is InChI=1S/C32H35N5O4S/c1-23-22-35(18-19-36(23)31(39)25-13-9-14-26(21-25)40-2)29(38)17-10-20-42-32-34-33-30(24-11-5-4-6-12-24)37(32)27-15-7-8-16-28(27)41-3/h4-9,11-16,21,23H,10,17-20,22H2,1-3H3. The van der Waals surface area contributed by atoms with Gasteiger partial charge in [0.25, 0.3) is 5.91 Å². The van der Waals surface area contributed by atoms with Gasteiger partial charge in [0.2, 0.25) is 5.91 Å². The highest BCUT2D eigenvalue weighted by atomic mass is 32.2. The smallest absolute Gasteiger partial charge is 0.254 e. The molecule has 0 saturated carbocycles. The van der Waals surface area contributed by atoms with Crippen LogP contribution in [0.3, 0.4) is 0 Å². The van der Waals surface area contributed by atoms with E-state index >= 15 is 0 Å². The average molecular weight is 586 g/mol. The number of hydrogen-bond donors (Lipinski definition) is 0. The van der Waals surface area contributed by atoms with Gasteiger partial charge < -0.3 is 19.3 Å². The summed E-state index contributed by atoms with van der Waals surface area (Å²) in [6.45, 7) is 3.53. The SMILES string of the molecule is COc1cccc(C(=O)N2CCN(C(=O)CCCSc3nnc(-c4ccccc4)n3-c3ccccc3OC)CC2C)c1. The number of ether oxygens (including phenoxy) is 2. The number of carbonyl (C=O) groups is 2. The first-order valence-corrected chi connectivity index (χ1v) is 15.0. The Hall–Kier alpha value is -4.31. The molecule has 1 saturated heterocycles. The topological polar surface area (TPSA) is 89.8 Å². The van der Waals surface area contributed by atoms with Crippen LogP contribution < -0.4 is 9.47 Å². The van der Waals surface area contributed by atoms with Crippen LogP contribution in [0.15, 0.2) is 84.0 Å². The molecule has 10 heteroatoms. The molecule has 9 nitrogen and oxygen atoms in total. The molecule has 2 heterocycles. The largest absolute Gasteiger partial charge is 0.497 e. The molecule has 1 unspecified atom stereocenters. The van der Waals surface area contributed by atoms with Gasteiger partial charge in [-0.15, -0.1) is 10.2 Å². The number of aromatic nitrogens is 3. The van der Waals surface area contributed by atoms with Crippen molar-refractivity contribution in [3.05, 3.63) is 84.4 Å². The number of benzene rings is 3. The van der Waals surface area contributed by atoms with Crippen LogP contribution in [0.4, 0.5) is 0 Å². The number of nitrogens with zero attached hydrogens (tertiary/aromatic N) is 5. The van der Waals surface area contributed by atoms with Crippen LogP contribution in [0, 0.1) is 0 Å². The summed E-state index contributed by atoms with van der Waals surface area (Å²) in [5.74, 6) is 2.87. The van der Waals surface area contributed by atoms with Crippen molar-refractivity contribution >= 4 is 23.6 Å². The van der Waals surface area contributed by atoms with Crippen LogP contribution in [-0.4, -0.2) is 82.0 Å². The summed E-state index contributed by atoms with van der Waals surface area (Å²) in [6, 6.07) is 24.8. The molecule has 0 aliphatic carbocycles. The van der Waals surface area contributed by atoms with Crippen LogP contribution >= 0.6 is 11.8 Å². The van der Waals surface area contributed by atoms with Gasteiger partial charge in [0.15, 0.2) is 11.0 Å². The van der Waals surface area contributed by atoms with Crippen molar-refractivity contribution in [2.45, 2.75) is 31.0 Å². The van der Waals surface area contributed by atoms with Crippen molar-refractivity contribution in [2.75, 3.05) is 39.6 Å². The van der Waals surface area contributed by atoms with E-state index in [9.17, 15) is 9.59 Å². The molecule has 1 aliphatic rings. The van der Waals surface area contributed by atoms with Crippen molar-refractivity contribution in [3.8, 4) is 28.6 Å². The highest BCUT2D eigenvalue weighted by Crippen LogP contribution is 2.32. The molecule has 0 radical (unpaired) electrons. The monoisotopic (exact) mass is 585 g/mol. The lowest BCUT2D eigenvalue weighted by Gasteiger charge is -2.40. The second kappa shape index (κ2) is 13.6. The van der Waals surface area contributed by atoms with Crippen LogP contribution in [0.25, 0.3) is 17.1 Å². The van der Waals surface area contributed by atoms with Gasteiger partial charge in [-0.25, -0.2) is 0 Å². The number of rotatable bonds is 10. The zero-order valence-corrected chi connectivity index (χ0v) is 24.9. The molecule has 0 bridgehead atoms. The van der Waals surface area contributed by atoms with E-state index in [-0.39, 0.29) is 17.9 Å². The number of carbonyl (C=O) groups excluding carboxylic acids is 2. The van der Waals surface area contributed by atoms with Gasteiger partial charge in [0.05, 0.1) is 19.9 Å². The Morgan fingerprint density at radius 2 is 1.71 bits per heavy atom. The first-order valence-electron chi connectivity index (χ1n) is 14.0. The number of thioether (sulfide) groups is 1. The number of para-hydroxylation sites is 2. The van der Waals surface area contributed by atoms with Gasteiger partial charge in [-0.3, -0.25) is 14.2 Å². The van der Waals surface area contributed by atoms with Crippen LogP contribution in [0.2, 0.25) is 0 Å². The Bertz CT molecular complexity index is 1530. The first kappa shape index (κ1) is 29.2.